The molecular formula is C13H13NaO. The Morgan fingerprint density at radius 2 is 1.33 bits per heavy atom. The minimum absolute atomic E-state index is 0. The Balaban J connectivity index is 0.00000112. The fraction of sp³-hybridized carbons (Fsp3) is 0.0769. The van der Waals surface area contributed by atoms with Crippen LogP contribution in [0.2, 0.25) is 0 Å². The predicted molar refractivity (Wildman–Crippen MR) is 58.3 cm³/mol. The molecule has 0 bridgehead atoms. The van der Waals surface area contributed by atoms with Crippen molar-refractivity contribution in [2.24, 2.45) is 0 Å². The van der Waals surface area contributed by atoms with Crippen molar-refractivity contribution >= 4 is 0 Å². The molecular weight excluding hydrogens is 195 g/mol. The second kappa shape index (κ2) is 6.67. The second-order valence-corrected chi connectivity index (χ2v) is 3.09. The van der Waals surface area contributed by atoms with Crippen molar-refractivity contribution < 1.29 is 35.7 Å². The first-order valence-electron chi connectivity index (χ1n) is 4.67. The summed E-state index contributed by atoms with van der Waals surface area (Å²) in [5, 5.41) is 0. The summed E-state index contributed by atoms with van der Waals surface area (Å²) in [6, 6.07) is 20.0. The van der Waals surface area contributed by atoms with Crippen LogP contribution in [0, 0.1) is 0 Å². The molecule has 0 amide bonds. The van der Waals surface area contributed by atoms with Crippen LogP contribution in [0.15, 0.2) is 60.7 Å². The Bertz CT molecular complexity index is 338. The van der Waals surface area contributed by atoms with E-state index in [2.05, 4.69) is 12.1 Å². The molecule has 0 aliphatic heterocycles. The number of rotatable bonds is 3. The van der Waals surface area contributed by atoms with Crippen molar-refractivity contribution in [3.05, 3.63) is 66.2 Å². The van der Waals surface area contributed by atoms with Crippen molar-refractivity contribution in [3.8, 4) is 5.75 Å². The molecule has 0 heterocycles. The van der Waals surface area contributed by atoms with Gasteiger partial charge in [-0.3, -0.25) is 0 Å². The Morgan fingerprint density at radius 3 is 1.93 bits per heavy atom. The SMILES string of the molecule is [H-].[Na+].c1ccc(COc2ccccc2)cc1. The van der Waals surface area contributed by atoms with Gasteiger partial charge in [-0.25, -0.2) is 0 Å². The quantitative estimate of drug-likeness (QED) is 0.663. The van der Waals surface area contributed by atoms with Gasteiger partial charge in [-0.2, -0.15) is 0 Å². The van der Waals surface area contributed by atoms with Crippen LogP contribution in [0.1, 0.15) is 6.99 Å². The van der Waals surface area contributed by atoms with E-state index in [1.165, 1.54) is 5.56 Å². The van der Waals surface area contributed by atoms with Gasteiger partial charge in [0.2, 0.25) is 0 Å². The van der Waals surface area contributed by atoms with Crippen LogP contribution in [0.3, 0.4) is 0 Å². The van der Waals surface area contributed by atoms with Gasteiger partial charge in [0.25, 0.3) is 0 Å². The van der Waals surface area contributed by atoms with Crippen LogP contribution >= 0.6 is 0 Å². The molecule has 15 heavy (non-hydrogen) atoms. The van der Waals surface area contributed by atoms with Gasteiger partial charge in [-0.05, 0) is 17.7 Å². The molecule has 0 unspecified atom stereocenters. The average molecular weight is 208 g/mol. The van der Waals surface area contributed by atoms with Crippen LogP contribution in [-0.4, -0.2) is 0 Å². The van der Waals surface area contributed by atoms with Crippen LogP contribution in [-0.2, 0) is 6.61 Å². The van der Waals surface area contributed by atoms with Crippen molar-refractivity contribution in [2.75, 3.05) is 0 Å². The van der Waals surface area contributed by atoms with Crippen molar-refractivity contribution in [2.45, 2.75) is 6.61 Å². The van der Waals surface area contributed by atoms with Gasteiger partial charge in [0, 0.05) is 0 Å². The first-order valence-corrected chi connectivity index (χ1v) is 4.67. The Kier molecular flexibility index (Phi) is 5.48. The molecule has 1 nitrogen and oxygen atoms in total. The van der Waals surface area contributed by atoms with E-state index >= 15 is 0 Å². The van der Waals surface area contributed by atoms with Crippen LogP contribution in [0.5, 0.6) is 5.75 Å². The van der Waals surface area contributed by atoms with E-state index in [0.717, 1.165) is 5.75 Å². The molecule has 0 saturated carbocycles. The summed E-state index contributed by atoms with van der Waals surface area (Å²) >= 11 is 0. The molecule has 0 atom stereocenters. The summed E-state index contributed by atoms with van der Waals surface area (Å²) < 4.78 is 5.59. The van der Waals surface area contributed by atoms with E-state index in [1.807, 2.05) is 48.5 Å². The molecule has 0 aliphatic carbocycles. The number of benzene rings is 2. The minimum Gasteiger partial charge on any atom is -1.00 e. The fourth-order valence-corrected chi connectivity index (χ4v) is 1.26. The zero-order valence-corrected chi connectivity index (χ0v) is 10.9. The maximum atomic E-state index is 5.59. The standard InChI is InChI=1S/C13H12O.Na.H/c1-3-7-12(8-4-1)11-14-13-9-5-2-6-10-13;;/h1-10H,11H2;;/q;+1;-1. The minimum atomic E-state index is 0. The normalized spacial score (nSPS) is 9.07. The maximum absolute atomic E-state index is 5.59. The largest absolute Gasteiger partial charge is 1.00 e. The Morgan fingerprint density at radius 1 is 0.800 bits per heavy atom. The zero-order chi connectivity index (χ0) is 9.64. The Labute approximate surface area is 114 Å². The van der Waals surface area contributed by atoms with Gasteiger partial charge < -0.3 is 6.16 Å². The van der Waals surface area contributed by atoms with Gasteiger partial charge in [0.1, 0.15) is 12.4 Å². The molecule has 0 aliphatic rings. The molecule has 72 valence electrons. The Hall–Kier alpha value is -0.760. The smallest absolute Gasteiger partial charge is 1.00 e. The topological polar surface area (TPSA) is 9.23 Å². The second-order valence-electron chi connectivity index (χ2n) is 3.09. The summed E-state index contributed by atoms with van der Waals surface area (Å²) in [6.45, 7) is 0.630. The first kappa shape index (κ1) is 12.3. The van der Waals surface area contributed by atoms with E-state index < -0.39 is 0 Å². The molecule has 2 rings (SSSR count). The summed E-state index contributed by atoms with van der Waals surface area (Å²) in [5.74, 6) is 0.913. The third-order valence-electron chi connectivity index (χ3n) is 1.99. The first-order chi connectivity index (χ1) is 6.95. The summed E-state index contributed by atoms with van der Waals surface area (Å²) in [6.07, 6.45) is 0. The third kappa shape index (κ3) is 4.08. The van der Waals surface area contributed by atoms with Crippen LogP contribution in [0.25, 0.3) is 0 Å². The van der Waals surface area contributed by atoms with Gasteiger partial charge in [0.15, 0.2) is 0 Å². The maximum Gasteiger partial charge on any atom is 1.00 e. The molecule has 0 radical (unpaired) electrons. The summed E-state index contributed by atoms with van der Waals surface area (Å²) in [7, 11) is 0. The fourth-order valence-electron chi connectivity index (χ4n) is 1.26. The van der Waals surface area contributed by atoms with E-state index in [1.54, 1.807) is 0 Å². The van der Waals surface area contributed by atoms with Crippen molar-refractivity contribution in [3.63, 3.8) is 0 Å². The number of ether oxygens (including phenoxy) is 1. The zero-order valence-electron chi connectivity index (χ0n) is 9.89. The van der Waals surface area contributed by atoms with Crippen LogP contribution < -0.4 is 34.3 Å². The van der Waals surface area contributed by atoms with Crippen molar-refractivity contribution in [1.29, 1.82) is 0 Å². The average Bonchev–Trinajstić information content (AvgIpc) is 2.29. The van der Waals surface area contributed by atoms with E-state index in [4.69, 9.17) is 4.74 Å². The monoisotopic (exact) mass is 208 g/mol. The summed E-state index contributed by atoms with van der Waals surface area (Å²) in [5.41, 5.74) is 1.19. The summed E-state index contributed by atoms with van der Waals surface area (Å²) in [4.78, 5) is 0. The van der Waals surface area contributed by atoms with E-state index in [9.17, 15) is 0 Å². The molecule has 0 aromatic heterocycles. The molecule has 0 spiro atoms. The van der Waals surface area contributed by atoms with Gasteiger partial charge in [0.05, 0.1) is 0 Å². The van der Waals surface area contributed by atoms with Gasteiger partial charge >= 0.3 is 29.6 Å². The molecule has 0 saturated heterocycles. The molecule has 2 aromatic rings. The predicted octanol–water partition coefficient (Wildman–Crippen LogP) is 0.382. The van der Waals surface area contributed by atoms with E-state index in [0.29, 0.717) is 6.61 Å². The molecule has 0 N–H and O–H groups in total. The molecule has 2 heteroatoms. The number of para-hydroxylation sites is 1. The van der Waals surface area contributed by atoms with E-state index in [-0.39, 0.29) is 31.0 Å². The molecule has 2 aromatic carbocycles. The molecule has 0 fully saturated rings. The van der Waals surface area contributed by atoms with Gasteiger partial charge in [-0.15, -0.1) is 0 Å². The number of hydrogen-bond acceptors (Lipinski definition) is 1. The third-order valence-corrected chi connectivity index (χ3v) is 1.99. The number of hydrogen-bond donors (Lipinski definition) is 0. The van der Waals surface area contributed by atoms with Crippen LogP contribution in [0.4, 0.5) is 0 Å². The van der Waals surface area contributed by atoms with Gasteiger partial charge in [-0.1, -0.05) is 48.5 Å². The van der Waals surface area contributed by atoms with Crippen molar-refractivity contribution in [1.82, 2.24) is 0 Å².